The first-order chi connectivity index (χ1) is 11.8. The van der Waals surface area contributed by atoms with E-state index in [2.05, 4.69) is 9.97 Å². The Labute approximate surface area is 139 Å². The van der Waals surface area contributed by atoms with Crippen molar-refractivity contribution in [2.75, 3.05) is 0 Å². The van der Waals surface area contributed by atoms with Gasteiger partial charge < -0.3 is 14.2 Å². The number of aliphatic hydroxyl groups is 1. The Kier molecular flexibility index (Phi) is 3.69. The highest BCUT2D eigenvalue weighted by Gasteiger charge is 2.10. The normalized spacial score (nSPS) is 11.1. The average molecular weight is 316 g/mol. The van der Waals surface area contributed by atoms with E-state index in [4.69, 9.17) is 0 Å². The molecule has 0 saturated heterocycles. The summed E-state index contributed by atoms with van der Waals surface area (Å²) in [5.74, 6) is 0. The van der Waals surface area contributed by atoms with Crippen molar-refractivity contribution in [2.45, 2.75) is 6.10 Å². The van der Waals surface area contributed by atoms with Gasteiger partial charge in [-0.15, -0.1) is 0 Å². The largest absolute Gasteiger partial charge is 0.384 e. The molecule has 0 aliphatic rings. The van der Waals surface area contributed by atoms with E-state index in [9.17, 15) is 5.11 Å². The van der Waals surface area contributed by atoms with Gasteiger partial charge in [0, 0.05) is 36.2 Å². The molecule has 0 fully saturated rings. The maximum absolute atomic E-state index is 10.6. The van der Waals surface area contributed by atoms with E-state index >= 15 is 0 Å². The first-order valence-electron chi connectivity index (χ1n) is 7.66. The van der Waals surface area contributed by atoms with Gasteiger partial charge in [0.25, 0.3) is 0 Å². The molecule has 0 aliphatic carbocycles. The van der Waals surface area contributed by atoms with Crippen molar-refractivity contribution < 1.29 is 5.11 Å². The third-order valence-corrected chi connectivity index (χ3v) is 4.02. The van der Waals surface area contributed by atoms with E-state index < -0.39 is 6.10 Å². The molecule has 0 spiro atoms. The summed E-state index contributed by atoms with van der Waals surface area (Å²) >= 11 is 0. The van der Waals surface area contributed by atoms with Crippen molar-refractivity contribution in [2.24, 2.45) is 0 Å². The number of nitrogens with zero attached hydrogens (tertiary/aromatic N) is 4. The Morgan fingerprint density at radius 1 is 0.667 bits per heavy atom. The van der Waals surface area contributed by atoms with Gasteiger partial charge in [0.05, 0.1) is 12.7 Å². The lowest BCUT2D eigenvalue weighted by molar-refractivity contribution is 0.220. The summed E-state index contributed by atoms with van der Waals surface area (Å²) in [6.45, 7) is 0. The molecule has 2 aromatic heterocycles. The van der Waals surface area contributed by atoms with Crippen LogP contribution in [0.1, 0.15) is 17.2 Å². The van der Waals surface area contributed by atoms with Gasteiger partial charge in [-0.3, -0.25) is 0 Å². The van der Waals surface area contributed by atoms with Crippen LogP contribution in [0, 0.1) is 0 Å². The van der Waals surface area contributed by atoms with Crippen molar-refractivity contribution in [1.82, 2.24) is 19.1 Å². The summed E-state index contributed by atoms with van der Waals surface area (Å²) < 4.78 is 3.85. The van der Waals surface area contributed by atoms with Crippen LogP contribution in [-0.2, 0) is 0 Å². The van der Waals surface area contributed by atoms with Crippen LogP contribution in [0.2, 0.25) is 0 Å². The number of benzene rings is 2. The lowest BCUT2D eigenvalue weighted by Crippen LogP contribution is -2.01. The van der Waals surface area contributed by atoms with E-state index in [1.165, 1.54) is 0 Å². The average Bonchev–Trinajstić information content (AvgIpc) is 3.35. The maximum atomic E-state index is 10.6. The van der Waals surface area contributed by atoms with Crippen molar-refractivity contribution >= 4 is 0 Å². The van der Waals surface area contributed by atoms with Crippen LogP contribution in [0.25, 0.3) is 11.4 Å². The topological polar surface area (TPSA) is 55.9 Å². The smallest absolute Gasteiger partial charge is 0.104 e. The number of aromatic nitrogens is 4. The summed E-state index contributed by atoms with van der Waals surface area (Å²) in [5.41, 5.74) is 3.74. The molecular formula is C19H16N4O. The predicted octanol–water partition coefficient (Wildman–Crippen LogP) is 3.14. The number of imidazole rings is 2. The fourth-order valence-electron chi connectivity index (χ4n) is 2.67. The molecular weight excluding hydrogens is 300 g/mol. The van der Waals surface area contributed by atoms with Crippen LogP contribution in [0.4, 0.5) is 0 Å². The van der Waals surface area contributed by atoms with Crippen LogP contribution in [0.3, 0.4) is 0 Å². The van der Waals surface area contributed by atoms with Gasteiger partial charge >= 0.3 is 0 Å². The highest BCUT2D eigenvalue weighted by molar-refractivity contribution is 5.41. The predicted molar refractivity (Wildman–Crippen MR) is 91.2 cm³/mol. The zero-order valence-electron chi connectivity index (χ0n) is 12.9. The minimum Gasteiger partial charge on any atom is -0.384 e. The molecule has 0 bridgehead atoms. The van der Waals surface area contributed by atoms with Gasteiger partial charge in [-0.2, -0.15) is 0 Å². The van der Waals surface area contributed by atoms with Crippen molar-refractivity contribution in [1.29, 1.82) is 0 Å². The van der Waals surface area contributed by atoms with Gasteiger partial charge in [0.1, 0.15) is 6.10 Å². The van der Waals surface area contributed by atoms with Crippen molar-refractivity contribution in [3.8, 4) is 11.4 Å². The van der Waals surface area contributed by atoms with Crippen LogP contribution in [0.5, 0.6) is 0 Å². The van der Waals surface area contributed by atoms with Crippen LogP contribution < -0.4 is 0 Å². The Balaban J connectivity index is 1.56. The Bertz CT molecular complexity index is 817. The third-order valence-electron chi connectivity index (χ3n) is 4.02. The molecule has 4 rings (SSSR count). The number of rotatable bonds is 4. The summed E-state index contributed by atoms with van der Waals surface area (Å²) in [6.07, 6.45) is 10.1. The van der Waals surface area contributed by atoms with E-state index in [1.807, 2.05) is 70.1 Å². The Morgan fingerprint density at radius 3 is 1.42 bits per heavy atom. The SMILES string of the molecule is OC(c1ccc(-n2ccnc2)cc1)c1ccc(-n2ccnc2)cc1. The molecule has 1 N–H and O–H groups in total. The summed E-state index contributed by atoms with van der Waals surface area (Å²) in [5, 5.41) is 10.6. The Hall–Kier alpha value is -3.18. The van der Waals surface area contributed by atoms with Crippen LogP contribution >= 0.6 is 0 Å². The second-order valence-electron chi connectivity index (χ2n) is 5.53. The summed E-state index contributed by atoms with van der Waals surface area (Å²) in [6, 6.07) is 15.6. The van der Waals surface area contributed by atoms with Gasteiger partial charge in [-0.1, -0.05) is 24.3 Å². The molecule has 5 heteroatoms. The minimum absolute atomic E-state index is 0.654. The molecule has 0 radical (unpaired) electrons. The molecule has 2 heterocycles. The zero-order chi connectivity index (χ0) is 16.4. The standard InChI is InChI=1S/C19H16N4O/c24-19(15-1-5-17(6-2-15)22-11-9-20-13-22)16-3-7-18(8-4-16)23-12-10-21-14-23/h1-14,19,24H. The number of hydrogen-bond donors (Lipinski definition) is 1. The van der Waals surface area contributed by atoms with Gasteiger partial charge in [-0.25, -0.2) is 9.97 Å². The first-order valence-corrected chi connectivity index (χ1v) is 7.66. The summed E-state index contributed by atoms with van der Waals surface area (Å²) in [7, 11) is 0. The maximum Gasteiger partial charge on any atom is 0.104 e. The highest BCUT2D eigenvalue weighted by atomic mass is 16.3. The molecule has 0 atom stereocenters. The fraction of sp³-hybridized carbons (Fsp3) is 0.0526. The number of hydrogen-bond acceptors (Lipinski definition) is 3. The van der Waals surface area contributed by atoms with E-state index in [0.717, 1.165) is 22.5 Å². The van der Waals surface area contributed by atoms with Gasteiger partial charge in [0.2, 0.25) is 0 Å². The molecule has 0 amide bonds. The fourth-order valence-corrected chi connectivity index (χ4v) is 2.67. The molecule has 2 aromatic carbocycles. The molecule has 0 unspecified atom stereocenters. The highest BCUT2D eigenvalue weighted by Crippen LogP contribution is 2.24. The quantitative estimate of drug-likeness (QED) is 0.629. The summed E-state index contributed by atoms with van der Waals surface area (Å²) in [4.78, 5) is 8.08. The molecule has 0 aliphatic heterocycles. The van der Waals surface area contributed by atoms with E-state index in [0.29, 0.717) is 0 Å². The van der Waals surface area contributed by atoms with Gasteiger partial charge in [-0.05, 0) is 35.4 Å². The van der Waals surface area contributed by atoms with Crippen LogP contribution in [0.15, 0.2) is 86.0 Å². The van der Waals surface area contributed by atoms with Crippen molar-refractivity contribution in [3.63, 3.8) is 0 Å². The van der Waals surface area contributed by atoms with Crippen molar-refractivity contribution in [3.05, 3.63) is 97.1 Å². The lowest BCUT2D eigenvalue weighted by Gasteiger charge is -2.13. The Morgan fingerprint density at radius 2 is 1.08 bits per heavy atom. The molecule has 0 saturated carbocycles. The molecule has 4 aromatic rings. The second kappa shape index (κ2) is 6.14. The minimum atomic E-state index is -0.654. The molecule has 24 heavy (non-hydrogen) atoms. The van der Waals surface area contributed by atoms with E-state index in [1.54, 1.807) is 25.0 Å². The molecule has 5 nitrogen and oxygen atoms in total. The number of aliphatic hydroxyl groups excluding tert-OH is 1. The van der Waals surface area contributed by atoms with Crippen LogP contribution in [-0.4, -0.2) is 24.2 Å². The first kappa shape index (κ1) is 14.4. The monoisotopic (exact) mass is 316 g/mol. The van der Waals surface area contributed by atoms with Gasteiger partial charge in [0.15, 0.2) is 0 Å². The lowest BCUT2D eigenvalue weighted by atomic mass is 10.0. The molecule has 118 valence electrons. The second-order valence-corrected chi connectivity index (χ2v) is 5.53. The third kappa shape index (κ3) is 2.73. The van der Waals surface area contributed by atoms with E-state index in [-0.39, 0.29) is 0 Å². The zero-order valence-corrected chi connectivity index (χ0v) is 12.9.